The third-order valence-electron chi connectivity index (χ3n) is 2.36. The van der Waals surface area contributed by atoms with Gasteiger partial charge in [-0.1, -0.05) is 19.6 Å². The van der Waals surface area contributed by atoms with Gasteiger partial charge in [-0.2, -0.15) is 0 Å². The van der Waals surface area contributed by atoms with Crippen molar-refractivity contribution in [2.24, 2.45) is 0 Å². The van der Waals surface area contributed by atoms with E-state index in [1.807, 2.05) is 0 Å². The Hall–Kier alpha value is -1.24. The van der Waals surface area contributed by atoms with Gasteiger partial charge < -0.3 is 5.32 Å². The molecule has 0 unspecified atom stereocenters. The van der Waals surface area contributed by atoms with E-state index in [9.17, 15) is 0 Å². The molecule has 0 aliphatic rings. The first-order chi connectivity index (χ1) is 6.19. The van der Waals surface area contributed by atoms with Gasteiger partial charge in [-0.05, 0) is 49.2 Å². The van der Waals surface area contributed by atoms with E-state index in [1.165, 1.54) is 22.4 Å². The zero-order valence-electron chi connectivity index (χ0n) is 8.65. The highest BCUT2D eigenvalue weighted by atomic mass is 14.8. The summed E-state index contributed by atoms with van der Waals surface area (Å²) in [5.41, 5.74) is 5.21. The predicted octanol–water partition coefficient (Wildman–Crippen LogP) is 3.42. The van der Waals surface area contributed by atoms with Crippen molar-refractivity contribution in [3.8, 4) is 0 Å². The summed E-state index contributed by atoms with van der Waals surface area (Å²) in [7, 11) is 0. The molecule has 0 heterocycles. The molecule has 0 aliphatic carbocycles. The fraction of sp³-hybridized carbons (Fsp3) is 0.333. The molecule has 0 spiro atoms. The monoisotopic (exact) mass is 175 g/mol. The van der Waals surface area contributed by atoms with Crippen LogP contribution in [0.1, 0.15) is 23.6 Å². The Morgan fingerprint density at radius 3 is 2.46 bits per heavy atom. The van der Waals surface area contributed by atoms with Gasteiger partial charge in [-0.3, -0.25) is 0 Å². The summed E-state index contributed by atoms with van der Waals surface area (Å²) in [4.78, 5) is 0. The molecule has 13 heavy (non-hydrogen) atoms. The maximum absolute atomic E-state index is 3.67. The van der Waals surface area contributed by atoms with Crippen LogP contribution < -0.4 is 5.32 Å². The standard InChI is InChI=1S/C12H17N/c1-5-11-7-9(3)10(4)8-12(11)13-6-2/h6-8,13H,2,5H2,1,3-4H3. The number of aryl methyl sites for hydroxylation is 3. The lowest BCUT2D eigenvalue weighted by Crippen LogP contribution is -1.95. The maximum atomic E-state index is 3.67. The minimum atomic E-state index is 1.05. The van der Waals surface area contributed by atoms with E-state index in [0.717, 1.165) is 6.42 Å². The van der Waals surface area contributed by atoms with Gasteiger partial charge in [0.15, 0.2) is 0 Å². The van der Waals surface area contributed by atoms with Crippen molar-refractivity contribution in [2.45, 2.75) is 27.2 Å². The molecule has 1 N–H and O–H groups in total. The number of hydrogen-bond donors (Lipinski definition) is 1. The fourth-order valence-corrected chi connectivity index (χ4v) is 1.41. The lowest BCUT2D eigenvalue weighted by molar-refractivity contribution is 1.12. The Balaban J connectivity index is 3.15. The van der Waals surface area contributed by atoms with Crippen LogP contribution in [-0.2, 0) is 6.42 Å². The van der Waals surface area contributed by atoms with E-state index < -0.39 is 0 Å². The van der Waals surface area contributed by atoms with Crippen LogP contribution in [0.2, 0.25) is 0 Å². The van der Waals surface area contributed by atoms with Crippen LogP contribution in [0.25, 0.3) is 0 Å². The molecule has 1 rings (SSSR count). The van der Waals surface area contributed by atoms with Crippen molar-refractivity contribution in [1.82, 2.24) is 0 Å². The lowest BCUT2D eigenvalue weighted by atomic mass is 10.0. The second-order valence-corrected chi connectivity index (χ2v) is 3.30. The van der Waals surface area contributed by atoms with Crippen LogP contribution in [0.5, 0.6) is 0 Å². The largest absolute Gasteiger partial charge is 0.362 e. The molecule has 1 aromatic rings. The summed E-state index contributed by atoms with van der Waals surface area (Å²) < 4.78 is 0. The van der Waals surface area contributed by atoms with Crippen molar-refractivity contribution in [1.29, 1.82) is 0 Å². The van der Waals surface area contributed by atoms with E-state index in [-0.39, 0.29) is 0 Å². The highest BCUT2D eigenvalue weighted by molar-refractivity contribution is 5.56. The summed E-state index contributed by atoms with van der Waals surface area (Å²) >= 11 is 0. The molecule has 0 radical (unpaired) electrons. The van der Waals surface area contributed by atoms with Crippen molar-refractivity contribution < 1.29 is 0 Å². The molecule has 0 atom stereocenters. The SMILES string of the molecule is C=CNc1cc(C)c(C)cc1CC. The Morgan fingerprint density at radius 1 is 1.31 bits per heavy atom. The van der Waals surface area contributed by atoms with Crippen LogP contribution in [0.3, 0.4) is 0 Å². The van der Waals surface area contributed by atoms with E-state index in [1.54, 1.807) is 6.20 Å². The second-order valence-electron chi connectivity index (χ2n) is 3.30. The maximum Gasteiger partial charge on any atom is 0.0414 e. The van der Waals surface area contributed by atoms with Crippen LogP contribution in [0.4, 0.5) is 5.69 Å². The van der Waals surface area contributed by atoms with Crippen LogP contribution in [0.15, 0.2) is 24.9 Å². The quantitative estimate of drug-likeness (QED) is 0.742. The molecule has 0 saturated carbocycles. The molecular formula is C12H17N. The molecule has 0 saturated heterocycles. The summed E-state index contributed by atoms with van der Waals surface area (Å²) in [6.07, 6.45) is 2.78. The zero-order chi connectivity index (χ0) is 9.84. The van der Waals surface area contributed by atoms with Gasteiger partial charge in [0.2, 0.25) is 0 Å². The third-order valence-corrected chi connectivity index (χ3v) is 2.36. The molecule has 0 fully saturated rings. The molecule has 1 heteroatoms. The summed E-state index contributed by atoms with van der Waals surface area (Å²) in [6.45, 7) is 10.1. The lowest BCUT2D eigenvalue weighted by Gasteiger charge is -2.10. The van der Waals surface area contributed by atoms with Gasteiger partial charge >= 0.3 is 0 Å². The first-order valence-corrected chi connectivity index (χ1v) is 4.66. The van der Waals surface area contributed by atoms with Crippen LogP contribution >= 0.6 is 0 Å². The summed E-state index contributed by atoms with van der Waals surface area (Å²) in [5, 5.41) is 3.16. The number of rotatable bonds is 3. The fourth-order valence-electron chi connectivity index (χ4n) is 1.41. The topological polar surface area (TPSA) is 12.0 Å². The molecule has 0 aromatic heterocycles. The Bertz CT molecular complexity index is 313. The van der Waals surface area contributed by atoms with Crippen molar-refractivity contribution in [2.75, 3.05) is 5.32 Å². The number of nitrogens with one attached hydrogen (secondary N) is 1. The zero-order valence-corrected chi connectivity index (χ0v) is 8.65. The Morgan fingerprint density at radius 2 is 1.92 bits per heavy atom. The van der Waals surface area contributed by atoms with Gasteiger partial charge in [0.1, 0.15) is 0 Å². The van der Waals surface area contributed by atoms with Gasteiger partial charge in [0.25, 0.3) is 0 Å². The minimum absolute atomic E-state index is 1.05. The van der Waals surface area contributed by atoms with Gasteiger partial charge in [0, 0.05) is 5.69 Å². The van der Waals surface area contributed by atoms with Crippen molar-refractivity contribution in [3.05, 3.63) is 41.6 Å². The van der Waals surface area contributed by atoms with Crippen LogP contribution in [0, 0.1) is 13.8 Å². The molecule has 1 aromatic carbocycles. The van der Waals surface area contributed by atoms with E-state index >= 15 is 0 Å². The summed E-state index contributed by atoms with van der Waals surface area (Å²) in [6, 6.07) is 4.41. The molecule has 0 aliphatic heterocycles. The van der Waals surface area contributed by atoms with Crippen molar-refractivity contribution >= 4 is 5.69 Å². The number of hydrogen-bond acceptors (Lipinski definition) is 1. The predicted molar refractivity (Wildman–Crippen MR) is 59.1 cm³/mol. The Labute approximate surface area is 80.5 Å². The second kappa shape index (κ2) is 4.13. The highest BCUT2D eigenvalue weighted by Gasteiger charge is 2.01. The first-order valence-electron chi connectivity index (χ1n) is 4.66. The number of benzene rings is 1. The average molecular weight is 175 g/mol. The minimum Gasteiger partial charge on any atom is -0.362 e. The molecule has 1 nitrogen and oxygen atoms in total. The normalized spacial score (nSPS) is 9.77. The third kappa shape index (κ3) is 2.11. The number of anilines is 1. The average Bonchev–Trinajstić information content (AvgIpc) is 2.11. The van der Waals surface area contributed by atoms with Gasteiger partial charge in [0.05, 0.1) is 0 Å². The van der Waals surface area contributed by atoms with Gasteiger partial charge in [-0.15, -0.1) is 0 Å². The Kier molecular flexibility index (Phi) is 3.13. The van der Waals surface area contributed by atoms with E-state index in [4.69, 9.17) is 0 Å². The molecule has 0 bridgehead atoms. The van der Waals surface area contributed by atoms with E-state index in [2.05, 4.69) is 44.8 Å². The van der Waals surface area contributed by atoms with Crippen LogP contribution in [-0.4, -0.2) is 0 Å². The first kappa shape index (κ1) is 9.85. The van der Waals surface area contributed by atoms with E-state index in [0.29, 0.717) is 0 Å². The van der Waals surface area contributed by atoms with Gasteiger partial charge in [-0.25, -0.2) is 0 Å². The van der Waals surface area contributed by atoms with Crippen molar-refractivity contribution in [3.63, 3.8) is 0 Å². The molecule has 70 valence electrons. The molecule has 0 amide bonds. The summed E-state index contributed by atoms with van der Waals surface area (Å²) in [5.74, 6) is 0. The highest BCUT2D eigenvalue weighted by Crippen LogP contribution is 2.21. The smallest absolute Gasteiger partial charge is 0.0414 e. The molecular weight excluding hydrogens is 158 g/mol.